The number of nitrogens with one attached hydrogen (secondary N) is 1. The fraction of sp³-hybridized carbons (Fsp3) is 0.150. The van der Waals surface area contributed by atoms with E-state index in [0.29, 0.717) is 23.8 Å². The van der Waals surface area contributed by atoms with Gasteiger partial charge in [0.15, 0.2) is 0 Å². The molecule has 0 bridgehead atoms. The van der Waals surface area contributed by atoms with E-state index in [1.165, 1.54) is 4.90 Å². The fourth-order valence-electron chi connectivity index (χ4n) is 2.61. The number of anilines is 1. The molecule has 0 aliphatic carbocycles. The van der Waals surface area contributed by atoms with Crippen molar-refractivity contribution in [1.82, 2.24) is 14.9 Å². The number of aromatic nitrogens is 2. The number of pyridine rings is 2. The lowest BCUT2D eigenvalue weighted by Gasteiger charge is -2.23. The van der Waals surface area contributed by atoms with Gasteiger partial charge >= 0.3 is 12.2 Å². The van der Waals surface area contributed by atoms with Crippen LogP contribution in [0.5, 0.6) is 0 Å². The Labute approximate surface area is 164 Å². The van der Waals surface area contributed by atoms with E-state index in [-0.39, 0.29) is 13.1 Å². The normalized spacial score (nSPS) is 11.2. The number of rotatable bonds is 5. The molecule has 2 amide bonds. The van der Waals surface area contributed by atoms with Gasteiger partial charge in [-0.1, -0.05) is 6.07 Å². The zero-order valence-corrected chi connectivity index (χ0v) is 15.0. The van der Waals surface area contributed by atoms with Gasteiger partial charge in [0, 0.05) is 37.9 Å². The van der Waals surface area contributed by atoms with Crippen LogP contribution in [-0.2, 0) is 19.3 Å². The number of hydrogen-bond donors (Lipinski definition) is 1. The second-order valence-corrected chi connectivity index (χ2v) is 6.20. The van der Waals surface area contributed by atoms with Crippen molar-refractivity contribution in [1.29, 1.82) is 0 Å². The molecule has 29 heavy (non-hydrogen) atoms. The zero-order chi connectivity index (χ0) is 20.9. The summed E-state index contributed by atoms with van der Waals surface area (Å²) in [6.45, 7) is 0.270. The van der Waals surface area contributed by atoms with Gasteiger partial charge in [-0.05, 0) is 47.5 Å². The summed E-state index contributed by atoms with van der Waals surface area (Å²) in [5, 5.41) is 2.24. The van der Waals surface area contributed by atoms with Crippen molar-refractivity contribution in [3.8, 4) is 0 Å². The second-order valence-electron chi connectivity index (χ2n) is 6.20. The van der Waals surface area contributed by atoms with Gasteiger partial charge in [-0.15, -0.1) is 0 Å². The highest BCUT2D eigenvalue weighted by Crippen LogP contribution is 2.32. The quantitative estimate of drug-likeness (QED) is 0.618. The monoisotopic (exact) mass is 404 g/mol. The lowest BCUT2D eigenvalue weighted by atomic mass is 10.2. The van der Waals surface area contributed by atoms with E-state index in [2.05, 4.69) is 15.3 Å². The first-order chi connectivity index (χ1) is 13.8. The van der Waals surface area contributed by atoms with Crippen molar-refractivity contribution < 1.29 is 22.4 Å². The molecular formula is C20H16F4N4O. The molecule has 1 aromatic carbocycles. The van der Waals surface area contributed by atoms with Crippen molar-refractivity contribution in [2.45, 2.75) is 19.3 Å². The van der Waals surface area contributed by atoms with Gasteiger partial charge in [0.1, 0.15) is 5.82 Å². The topological polar surface area (TPSA) is 58.1 Å². The molecular weight excluding hydrogens is 388 g/mol. The number of alkyl halides is 3. The number of nitrogens with zero attached hydrogens (tertiary/aromatic N) is 3. The summed E-state index contributed by atoms with van der Waals surface area (Å²) >= 11 is 0. The Bertz CT molecular complexity index is 924. The summed E-state index contributed by atoms with van der Waals surface area (Å²) in [5.41, 5.74) is -0.136. The largest absolute Gasteiger partial charge is 0.416 e. The summed E-state index contributed by atoms with van der Waals surface area (Å²) in [5.74, 6) is -0.961. The van der Waals surface area contributed by atoms with Crippen molar-refractivity contribution in [2.75, 3.05) is 5.32 Å². The van der Waals surface area contributed by atoms with Gasteiger partial charge in [0.2, 0.25) is 0 Å². The summed E-state index contributed by atoms with van der Waals surface area (Å²) in [7, 11) is 0. The molecule has 0 unspecified atom stereocenters. The van der Waals surface area contributed by atoms with Crippen molar-refractivity contribution in [3.63, 3.8) is 0 Å². The SMILES string of the molecule is O=C(Nc1cc(C(F)(F)F)ccc1F)N(Cc1ccncc1)Cc1cccnc1. The van der Waals surface area contributed by atoms with Crippen LogP contribution in [0.1, 0.15) is 16.7 Å². The average molecular weight is 404 g/mol. The predicted octanol–water partition coefficient (Wildman–Crippen LogP) is 4.87. The smallest absolute Gasteiger partial charge is 0.316 e. The summed E-state index contributed by atoms with van der Waals surface area (Å²) in [4.78, 5) is 22.0. The summed E-state index contributed by atoms with van der Waals surface area (Å²) in [6.07, 6.45) is 1.61. The van der Waals surface area contributed by atoms with Crippen LogP contribution in [0.2, 0.25) is 0 Å². The Hall–Kier alpha value is -3.49. The Kier molecular flexibility index (Phi) is 6.06. The number of carbonyl (C=O) groups excluding carboxylic acids is 1. The van der Waals surface area contributed by atoms with Crippen LogP contribution >= 0.6 is 0 Å². The van der Waals surface area contributed by atoms with Crippen molar-refractivity contribution in [3.05, 3.63) is 89.8 Å². The van der Waals surface area contributed by atoms with E-state index in [0.717, 1.165) is 5.56 Å². The molecule has 0 aliphatic heterocycles. The highest BCUT2D eigenvalue weighted by atomic mass is 19.4. The Morgan fingerprint density at radius 2 is 1.69 bits per heavy atom. The van der Waals surface area contributed by atoms with Crippen LogP contribution in [-0.4, -0.2) is 20.9 Å². The zero-order valence-electron chi connectivity index (χ0n) is 15.0. The molecule has 2 heterocycles. The maximum absolute atomic E-state index is 14.0. The van der Waals surface area contributed by atoms with E-state index in [1.54, 1.807) is 49.1 Å². The van der Waals surface area contributed by atoms with Crippen LogP contribution in [0, 0.1) is 5.82 Å². The molecule has 150 valence electrons. The summed E-state index contributed by atoms with van der Waals surface area (Å²) in [6, 6.07) is 7.98. The minimum Gasteiger partial charge on any atom is -0.316 e. The van der Waals surface area contributed by atoms with Gasteiger partial charge < -0.3 is 10.2 Å². The van der Waals surface area contributed by atoms with E-state index < -0.39 is 29.3 Å². The minimum absolute atomic E-state index is 0.128. The molecule has 0 spiro atoms. The molecule has 0 radical (unpaired) electrons. The third kappa shape index (κ3) is 5.50. The molecule has 0 atom stereocenters. The number of hydrogen-bond acceptors (Lipinski definition) is 3. The molecule has 2 aromatic heterocycles. The molecule has 3 rings (SSSR count). The van der Waals surface area contributed by atoms with E-state index in [1.807, 2.05) is 0 Å². The third-order valence-electron chi connectivity index (χ3n) is 4.04. The Morgan fingerprint density at radius 3 is 2.34 bits per heavy atom. The molecule has 0 fully saturated rings. The third-order valence-corrected chi connectivity index (χ3v) is 4.04. The first-order valence-corrected chi connectivity index (χ1v) is 8.53. The molecule has 5 nitrogen and oxygen atoms in total. The molecule has 0 saturated heterocycles. The fourth-order valence-corrected chi connectivity index (χ4v) is 2.61. The number of benzene rings is 1. The van der Waals surface area contributed by atoms with Crippen LogP contribution in [0.3, 0.4) is 0 Å². The first-order valence-electron chi connectivity index (χ1n) is 8.53. The molecule has 1 N–H and O–H groups in total. The number of amides is 2. The van der Waals surface area contributed by atoms with Crippen molar-refractivity contribution >= 4 is 11.7 Å². The first kappa shape index (κ1) is 20.2. The summed E-state index contributed by atoms with van der Waals surface area (Å²) < 4.78 is 52.8. The van der Waals surface area contributed by atoms with Crippen LogP contribution < -0.4 is 5.32 Å². The van der Waals surface area contributed by atoms with E-state index in [9.17, 15) is 22.4 Å². The Balaban J connectivity index is 1.84. The average Bonchev–Trinajstić information content (AvgIpc) is 2.70. The lowest BCUT2D eigenvalue weighted by Crippen LogP contribution is -2.34. The van der Waals surface area contributed by atoms with Crippen molar-refractivity contribution in [2.24, 2.45) is 0 Å². The van der Waals surface area contributed by atoms with Gasteiger partial charge in [-0.25, -0.2) is 9.18 Å². The number of urea groups is 1. The van der Waals surface area contributed by atoms with Gasteiger partial charge in [-0.2, -0.15) is 13.2 Å². The van der Waals surface area contributed by atoms with Crippen LogP contribution in [0.15, 0.2) is 67.3 Å². The van der Waals surface area contributed by atoms with Gasteiger partial charge in [-0.3, -0.25) is 9.97 Å². The Morgan fingerprint density at radius 1 is 0.966 bits per heavy atom. The lowest BCUT2D eigenvalue weighted by molar-refractivity contribution is -0.137. The number of halogens is 4. The van der Waals surface area contributed by atoms with Crippen LogP contribution in [0.4, 0.5) is 28.0 Å². The van der Waals surface area contributed by atoms with Gasteiger partial charge in [0.25, 0.3) is 0 Å². The molecule has 9 heteroatoms. The number of carbonyl (C=O) groups is 1. The predicted molar refractivity (Wildman–Crippen MR) is 98.1 cm³/mol. The highest BCUT2D eigenvalue weighted by molar-refractivity contribution is 5.89. The molecule has 0 aliphatic rings. The maximum Gasteiger partial charge on any atom is 0.416 e. The van der Waals surface area contributed by atoms with E-state index >= 15 is 0 Å². The molecule has 0 saturated carbocycles. The highest BCUT2D eigenvalue weighted by Gasteiger charge is 2.31. The van der Waals surface area contributed by atoms with Crippen LogP contribution in [0.25, 0.3) is 0 Å². The molecule has 3 aromatic rings. The van der Waals surface area contributed by atoms with E-state index in [4.69, 9.17) is 0 Å². The standard InChI is InChI=1S/C20H16F4N4O/c21-17-4-3-16(20(22,23)24)10-18(17)27-19(29)28(12-14-5-8-25-9-6-14)13-15-2-1-7-26-11-15/h1-11H,12-13H2,(H,27,29). The maximum atomic E-state index is 14.0. The second kappa shape index (κ2) is 8.68. The minimum atomic E-state index is -4.65. The van der Waals surface area contributed by atoms with Gasteiger partial charge in [0.05, 0.1) is 11.3 Å².